The monoisotopic (exact) mass is 466 g/mol. The second-order valence-electron chi connectivity index (χ2n) is 7.43. The molecule has 29 heavy (non-hydrogen) atoms. The first-order valence-corrected chi connectivity index (χ1v) is 11.0. The zero-order valence-electron chi connectivity index (χ0n) is 19.1. The molecule has 156 valence electrons. The first-order valence-electron chi connectivity index (χ1n) is 11.0. The Labute approximate surface area is 203 Å². The Morgan fingerprint density at radius 2 is 0.793 bits per heavy atom. The molecule has 2 atom stereocenters. The summed E-state index contributed by atoms with van der Waals surface area (Å²) in [7, 11) is 0. The maximum atomic E-state index is 4.35. The van der Waals surface area contributed by atoms with Crippen molar-refractivity contribution < 1.29 is 26.2 Å². The van der Waals surface area contributed by atoms with Crippen LogP contribution >= 0.6 is 0 Å². The van der Waals surface area contributed by atoms with Gasteiger partial charge in [0, 0.05) is 0 Å². The summed E-state index contributed by atoms with van der Waals surface area (Å²) in [4.78, 5) is 0. The molecule has 0 saturated heterocycles. The minimum absolute atomic E-state index is 0. The van der Waals surface area contributed by atoms with Gasteiger partial charge in [-0.1, -0.05) is 51.7 Å². The predicted octanol–water partition coefficient (Wildman–Crippen LogP) is 7.95. The summed E-state index contributed by atoms with van der Waals surface area (Å²) in [6.07, 6.45) is 27.0. The van der Waals surface area contributed by atoms with Gasteiger partial charge in [0.1, 0.15) is 0 Å². The summed E-state index contributed by atoms with van der Waals surface area (Å²) < 4.78 is 0. The third-order valence-electron chi connectivity index (χ3n) is 5.57. The molecule has 0 aliphatic heterocycles. The van der Waals surface area contributed by atoms with Crippen molar-refractivity contribution in [3.63, 3.8) is 0 Å². The fourth-order valence-corrected chi connectivity index (χ4v) is 3.92. The minimum atomic E-state index is 0. The smallest absolute Gasteiger partial charge is 0.342 e. The van der Waals surface area contributed by atoms with E-state index >= 15 is 0 Å². The van der Waals surface area contributed by atoms with Gasteiger partial charge < -0.3 is 13.8 Å². The van der Waals surface area contributed by atoms with Crippen molar-refractivity contribution in [2.24, 2.45) is 11.8 Å². The molecule has 0 unspecified atom stereocenters. The Balaban J connectivity index is 0.000000575. The summed E-state index contributed by atoms with van der Waals surface area (Å²) in [5.74, 6) is 0.947. The van der Waals surface area contributed by atoms with Gasteiger partial charge in [0.2, 0.25) is 0 Å². The molecule has 2 fully saturated rings. The van der Waals surface area contributed by atoms with Crippen molar-refractivity contribution in [3.8, 4) is 0 Å². The van der Waals surface area contributed by atoms with E-state index < -0.39 is 0 Å². The van der Waals surface area contributed by atoms with Crippen LogP contribution in [0.1, 0.15) is 66.2 Å². The second-order valence-corrected chi connectivity index (χ2v) is 7.43. The van der Waals surface area contributed by atoms with Crippen LogP contribution in [0.4, 0.5) is 0 Å². The maximum Gasteiger partial charge on any atom is 2.00 e. The molecule has 0 aromatic carbocycles. The standard InChI is InChI=1S/C18H30.2C5H5.Zr/c1-7-15-11-13(5)14(6)12-16(8-2)18(10-4)17(15)9-3;2*1-2-4-5-3-1;/h13-14H,5-12H2,1-4H3;2*1-5H;/q-2;;;+2/b17-15-,18-16-;;;/t13-,14-;;;/m0.../s1. The van der Waals surface area contributed by atoms with Crippen molar-refractivity contribution in [3.05, 3.63) is 100 Å². The molecule has 0 bridgehead atoms. The molecule has 0 N–H and O–H groups in total. The fraction of sp³-hybridized carbons (Fsp3) is 0.429. The molecule has 0 amide bonds. The van der Waals surface area contributed by atoms with Crippen LogP contribution < -0.4 is 0 Å². The summed E-state index contributed by atoms with van der Waals surface area (Å²) in [5, 5.41) is 0. The normalized spacial score (nSPS) is 29.6. The van der Waals surface area contributed by atoms with Crippen LogP contribution in [0.15, 0.2) is 22.3 Å². The second kappa shape index (κ2) is 18.0. The average molecular weight is 468 g/mol. The van der Waals surface area contributed by atoms with Crippen molar-refractivity contribution in [2.45, 2.75) is 66.2 Å². The Morgan fingerprint density at radius 1 is 0.552 bits per heavy atom. The average Bonchev–Trinajstić information content (AvgIpc) is 3.46. The maximum absolute atomic E-state index is 4.35. The molecular formula is C28H40Zr. The number of allylic oxidation sites excluding steroid dienone is 4. The first kappa shape index (κ1) is 29.4. The summed E-state index contributed by atoms with van der Waals surface area (Å²) in [6, 6.07) is 0. The van der Waals surface area contributed by atoms with Gasteiger partial charge in [-0.25, -0.2) is 0 Å². The molecule has 0 spiro atoms. The number of hydrogen-bond acceptors (Lipinski definition) is 0. The number of hydrogen-bond donors (Lipinski definition) is 0. The molecule has 2 saturated carbocycles. The fourth-order valence-electron chi connectivity index (χ4n) is 3.92. The summed E-state index contributed by atoms with van der Waals surface area (Å²) in [6.45, 7) is 17.9. The first-order chi connectivity index (χ1) is 13.6. The Kier molecular flexibility index (Phi) is 18.2. The Morgan fingerprint density at radius 3 is 0.966 bits per heavy atom. The molecule has 0 nitrogen and oxygen atoms in total. The quantitative estimate of drug-likeness (QED) is 0.368. The van der Waals surface area contributed by atoms with E-state index in [4.69, 9.17) is 0 Å². The molecule has 0 aromatic heterocycles. The van der Waals surface area contributed by atoms with Crippen LogP contribution in [0.5, 0.6) is 0 Å². The van der Waals surface area contributed by atoms with E-state index in [0.29, 0.717) is 11.8 Å². The molecular weight excluding hydrogens is 428 g/mol. The van der Waals surface area contributed by atoms with Gasteiger partial charge >= 0.3 is 26.2 Å². The van der Waals surface area contributed by atoms with Gasteiger partial charge in [0.25, 0.3) is 0 Å². The molecule has 0 heterocycles. The van der Waals surface area contributed by atoms with E-state index in [2.05, 4.69) is 41.5 Å². The number of rotatable bonds is 4. The summed E-state index contributed by atoms with van der Waals surface area (Å²) >= 11 is 0. The van der Waals surface area contributed by atoms with Crippen molar-refractivity contribution in [2.75, 3.05) is 0 Å². The van der Waals surface area contributed by atoms with Crippen LogP contribution in [0.3, 0.4) is 0 Å². The van der Waals surface area contributed by atoms with Gasteiger partial charge in [-0.2, -0.15) is 11.8 Å². The van der Waals surface area contributed by atoms with Gasteiger partial charge in [-0.05, 0) is 101 Å². The van der Waals surface area contributed by atoms with Gasteiger partial charge in [-0.15, -0.1) is 0 Å². The topological polar surface area (TPSA) is 0 Å². The molecule has 3 aliphatic carbocycles. The van der Waals surface area contributed by atoms with E-state index in [1.807, 2.05) is 64.2 Å². The zero-order chi connectivity index (χ0) is 20.8. The van der Waals surface area contributed by atoms with Crippen LogP contribution in [-0.4, -0.2) is 0 Å². The third-order valence-corrected chi connectivity index (χ3v) is 5.57. The van der Waals surface area contributed by atoms with Crippen molar-refractivity contribution in [1.29, 1.82) is 0 Å². The minimum Gasteiger partial charge on any atom is -0.342 e. The summed E-state index contributed by atoms with van der Waals surface area (Å²) in [5.41, 5.74) is 6.54. The van der Waals surface area contributed by atoms with Crippen molar-refractivity contribution in [1.82, 2.24) is 0 Å². The van der Waals surface area contributed by atoms with Gasteiger partial charge in [0.15, 0.2) is 0 Å². The van der Waals surface area contributed by atoms with Crippen LogP contribution in [0.25, 0.3) is 0 Å². The third kappa shape index (κ3) is 11.0. The molecule has 3 aliphatic rings. The van der Waals surface area contributed by atoms with E-state index in [1.54, 1.807) is 22.3 Å². The predicted molar refractivity (Wildman–Crippen MR) is 125 cm³/mol. The van der Waals surface area contributed by atoms with E-state index in [9.17, 15) is 0 Å². The van der Waals surface area contributed by atoms with Crippen LogP contribution in [0, 0.1) is 89.9 Å². The molecule has 10 radical (unpaired) electrons. The van der Waals surface area contributed by atoms with E-state index in [0.717, 1.165) is 12.8 Å². The van der Waals surface area contributed by atoms with Crippen LogP contribution in [0.2, 0.25) is 0 Å². The van der Waals surface area contributed by atoms with E-state index in [-0.39, 0.29) is 26.2 Å². The van der Waals surface area contributed by atoms with E-state index in [1.165, 1.54) is 25.7 Å². The SMILES string of the molecule is [CH2-][C@H]1C/C(CC)=C(CC)\C(CC)=C(\CC)C[C@@H]1[CH2-].[CH]1[CH][CH][CH][CH]1.[CH]1[CH][CH][CH][CH]1.[Zr+2]. The molecule has 1 heteroatoms. The van der Waals surface area contributed by atoms with Crippen molar-refractivity contribution >= 4 is 0 Å². The van der Waals surface area contributed by atoms with Gasteiger partial charge in [-0.3, -0.25) is 0 Å². The molecule has 0 aromatic rings. The zero-order valence-corrected chi connectivity index (χ0v) is 21.5. The van der Waals surface area contributed by atoms with Crippen LogP contribution in [-0.2, 0) is 26.2 Å². The molecule has 3 rings (SSSR count). The Hall–Kier alpha value is 0.363. The Bertz CT molecular complexity index is 403. The largest absolute Gasteiger partial charge is 2.00 e. The van der Waals surface area contributed by atoms with Gasteiger partial charge in [0.05, 0.1) is 0 Å².